The van der Waals surface area contributed by atoms with Gasteiger partial charge in [0.2, 0.25) is 5.91 Å². The van der Waals surface area contributed by atoms with Crippen LogP contribution in [-0.4, -0.2) is 10.5 Å². The fourth-order valence-electron chi connectivity index (χ4n) is 2.14. The summed E-state index contributed by atoms with van der Waals surface area (Å²) in [5.74, 6) is 5.05. The number of aromatic nitrogens is 1. The number of amides is 1. The van der Waals surface area contributed by atoms with Gasteiger partial charge in [-0.1, -0.05) is 18.2 Å². The van der Waals surface area contributed by atoms with E-state index >= 15 is 0 Å². The molecule has 0 unspecified atom stereocenters. The zero-order valence-electron chi connectivity index (χ0n) is 10.3. The minimum absolute atomic E-state index is 0.186. The van der Waals surface area contributed by atoms with E-state index in [4.69, 9.17) is 5.84 Å². The van der Waals surface area contributed by atoms with Gasteiger partial charge >= 0.3 is 0 Å². The lowest BCUT2D eigenvalue weighted by Crippen LogP contribution is -2.43. The molecule has 90 valence electrons. The molecular formula is C13H17N3O. The fraction of sp³-hybridized carbons (Fsp3) is 0.308. The van der Waals surface area contributed by atoms with Crippen LogP contribution in [0.2, 0.25) is 0 Å². The van der Waals surface area contributed by atoms with Crippen molar-refractivity contribution in [1.29, 1.82) is 0 Å². The Morgan fingerprint density at radius 3 is 2.65 bits per heavy atom. The number of rotatable bonds is 2. The van der Waals surface area contributed by atoms with Gasteiger partial charge in [0.05, 0.1) is 5.41 Å². The molecule has 1 aromatic heterocycles. The van der Waals surface area contributed by atoms with Crippen LogP contribution in [0.25, 0.3) is 10.9 Å². The monoisotopic (exact) mass is 231 g/mol. The van der Waals surface area contributed by atoms with Crippen molar-refractivity contribution in [1.82, 2.24) is 9.99 Å². The average Bonchev–Trinajstić information content (AvgIpc) is 2.67. The Labute approximate surface area is 100 Å². The third kappa shape index (κ3) is 1.70. The predicted molar refractivity (Wildman–Crippen MR) is 68.3 cm³/mol. The van der Waals surface area contributed by atoms with Crippen LogP contribution in [0.4, 0.5) is 0 Å². The maximum atomic E-state index is 11.8. The first kappa shape index (κ1) is 11.7. The Bertz CT molecular complexity index is 569. The number of nitrogens with one attached hydrogen (secondary N) is 1. The molecule has 0 aliphatic carbocycles. The molecule has 0 fully saturated rings. The number of hydrogen-bond donors (Lipinski definition) is 2. The summed E-state index contributed by atoms with van der Waals surface area (Å²) >= 11 is 0. The van der Waals surface area contributed by atoms with Crippen LogP contribution in [0, 0.1) is 0 Å². The first-order valence-corrected chi connectivity index (χ1v) is 5.54. The van der Waals surface area contributed by atoms with Gasteiger partial charge < -0.3 is 4.57 Å². The van der Waals surface area contributed by atoms with Crippen LogP contribution in [0.5, 0.6) is 0 Å². The third-order valence-corrected chi connectivity index (χ3v) is 3.27. The Morgan fingerprint density at radius 1 is 1.35 bits per heavy atom. The summed E-state index contributed by atoms with van der Waals surface area (Å²) in [5.41, 5.74) is 3.68. The molecule has 2 aromatic rings. The lowest BCUT2D eigenvalue weighted by Gasteiger charge is -2.21. The van der Waals surface area contributed by atoms with Crippen molar-refractivity contribution in [3.8, 4) is 0 Å². The number of fused-ring (bicyclic) bond motifs is 1. The predicted octanol–water partition coefficient (Wildman–Crippen LogP) is 1.45. The number of hydrazine groups is 1. The molecule has 0 saturated carbocycles. The number of aryl methyl sites for hydroxylation is 1. The third-order valence-electron chi connectivity index (χ3n) is 3.27. The van der Waals surface area contributed by atoms with Crippen molar-refractivity contribution in [3.63, 3.8) is 0 Å². The highest BCUT2D eigenvalue weighted by Gasteiger charge is 2.32. The quantitative estimate of drug-likeness (QED) is 0.467. The van der Waals surface area contributed by atoms with E-state index in [0.717, 1.165) is 16.5 Å². The molecule has 0 radical (unpaired) electrons. The van der Waals surface area contributed by atoms with Crippen molar-refractivity contribution < 1.29 is 4.79 Å². The Hall–Kier alpha value is -1.81. The van der Waals surface area contributed by atoms with Crippen LogP contribution < -0.4 is 11.3 Å². The van der Waals surface area contributed by atoms with Gasteiger partial charge in [-0.05, 0) is 25.5 Å². The van der Waals surface area contributed by atoms with E-state index < -0.39 is 5.41 Å². The van der Waals surface area contributed by atoms with Gasteiger partial charge in [0.15, 0.2) is 0 Å². The van der Waals surface area contributed by atoms with Crippen molar-refractivity contribution in [2.45, 2.75) is 19.3 Å². The van der Waals surface area contributed by atoms with Gasteiger partial charge in [-0.3, -0.25) is 10.2 Å². The van der Waals surface area contributed by atoms with E-state index in [1.165, 1.54) is 0 Å². The summed E-state index contributed by atoms with van der Waals surface area (Å²) in [6.07, 6.45) is 1.99. The molecule has 17 heavy (non-hydrogen) atoms. The van der Waals surface area contributed by atoms with Crippen LogP contribution in [0.1, 0.15) is 19.4 Å². The van der Waals surface area contributed by atoms with Crippen molar-refractivity contribution in [2.75, 3.05) is 0 Å². The summed E-state index contributed by atoms with van der Waals surface area (Å²) in [6.45, 7) is 3.74. The summed E-state index contributed by atoms with van der Waals surface area (Å²) in [7, 11) is 1.97. The van der Waals surface area contributed by atoms with E-state index in [9.17, 15) is 4.79 Å². The molecular weight excluding hydrogens is 214 g/mol. The molecule has 4 heteroatoms. The molecule has 0 atom stereocenters. The second-order valence-electron chi connectivity index (χ2n) is 4.77. The van der Waals surface area contributed by atoms with E-state index in [0.29, 0.717) is 0 Å². The maximum Gasteiger partial charge on any atom is 0.244 e. The standard InChI is InChI=1S/C13H17N3O/c1-13(2,12(17)15-14)10-8-16(3)11-7-5-4-6-9(10)11/h4-8H,14H2,1-3H3,(H,15,17). The average molecular weight is 231 g/mol. The summed E-state index contributed by atoms with van der Waals surface area (Å²) in [5, 5.41) is 1.09. The zero-order chi connectivity index (χ0) is 12.6. The second-order valence-corrected chi connectivity index (χ2v) is 4.77. The van der Waals surface area contributed by atoms with Crippen LogP contribution in [-0.2, 0) is 17.3 Å². The number of nitrogens with two attached hydrogens (primary N) is 1. The molecule has 4 nitrogen and oxygen atoms in total. The Morgan fingerprint density at radius 2 is 2.00 bits per heavy atom. The van der Waals surface area contributed by atoms with Gasteiger partial charge in [-0.25, -0.2) is 5.84 Å². The Kier molecular flexibility index (Phi) is 2.67. The summed E-state index contributed by atoms with van der Waals surface area (Å²) in [4.78, 5) is 11.8. The normalized spacial score (nSPS) is 11.8. The van der Waals surface area contributed by atoms with E-state index in [1.54, 1.807) is 0 Å². The molecule has 0 bridgehead atoms. The molecule has 3 N–H and O–H groups in total. The van der Waals surface area contributed by atoms with Gasteiger partial charge in [-0.2, -0.15) is 0 Å². The molecule has 2 rings (SSSR count). The van der Waals surface area contributed by atoms with Gasteiger partial charge in [0.1, 0.15) is 0 Å². The molecule has 1 amide bonds. The highest BCUT2D eigenvalue weighted by Crippen LogP contribution is 2.31. The largest absolute Gasteiger partial charge is 0.350 e. The lowest BCUT2D eigenvalue weighted by atomic mass is 9.84. The molecule has 0 aliphatic heterocycles. The minimum Gasteiger partial charge on any atom is -0.350 e. The van der Waals surface area contributed by atoms with Gasteiger partial charge in [0.25, 0.3) is 0 Å². The first-order valence-electron chi connectivity index (χ1n) is 5.54. The van der Waals surface area contributed by atoms with Crippen molar-refractivity contribution >= 4 is 16.8 Å². The first-order chi connectivity index (χ1) is 7.98. The number of nitrogens with zero attached hydrogens (tertiary/aromatic N) is 1. The number of carbonyl (C=O) groups excluding carboxylic acids is 1. The number of hydrogen-bond acceptors (Lipinski definition) is 2. The molecule has 1 aromatic carbocycles. The summed E-state index contributed by atoms with van der Waals surface area (Å²) in [6, 6.07) is 8.02. The maximum absolute atomic E-state index is 11.8. The fourth-order valence-corrected chi connectivity index (χ4v) is 2.14. The highest BCUT2D eigenvalue weighted by atomic mass is 16.2. The van der Waals surface area contributed by atoms with Gasteiger partial charge in [0, 0.05) is 24.1 Å². The minimum atomic E-state index is -0.643. The van der Waals surface area contributed by atoms with Crippen LogP contribution >= 0.6 is 0 Å². The molecule has 0 aliphatic rings. The van der Waals surface area contributed by atoms with Crippen molar-refractivity contribution in [2.24, 2.45) is 12.9 Å². The number of para-hydroxylation sites is 1. The SMILES string of the molecule is Cn1cc(C(C)(C)C(=O)NN)c2ccccc21. The highest BCUT2D eigenvalue weighted by molar-refractivity contribution is 5.94. The van der Waals surface area contributed by atoms with Gasteiger partial charge in [-0.15, -0.1) is 0 Å². The van der Waals surface area contributed by atoms with Crippen LogP contribution in [0.3, 0.4) is 0 Å². The zero-order valence-corrected chi connectivity index (χ0v) is 10.3. The van der Waals surface area contributed by atoms with E-state index in [-0.39, 0.29) is 5.91 Å². The van der Waals surface area contributed by atoms with E-state index in [1.807, 2.05) is 55.9 Å². The smallest absolute Gasteiger partial charge is 0.244 e. The molecule has 0 saturated heterocycles. The van der Waals surface area contributed by atoms with E-state index in [2.05, 4.69) is 5.43 Å². The van der Waals surface area contributed by atoms with Crippen LogP contribution in [0.15, 0.2) is 30.5 Å². The van der Waals surface area contributed by atoms with Crippen molar-refractivity contribution in [3.05, 3.63) is 36.0 Å². The Balaban J connectivity index is 2.68. The summed E-state index contributed by atoms with van der Waals surface area (Å²) < 4.78 is 2.02. The second kappa shape index (κ2) is 3.89. The molecule has 1 heterocycles. The molecule has 0 spiro atoms. The number of benzene rings is 1. The topological polar surface area (TPSA) is 60.0 Å². The lowest BCUT2D eigenvalue weighted by molar-refractivity contribution is -0.125. The number of carbonyl (C=O) groups is 1.